The number of hydrogen-bond acceptors (Lipinski definition) is 3. The normalized spacial score (nSPS) is 12.2. The van der Waals surface area contributed by atoms with Crippen LogP contribution in [0.5, 0.6) is 0 Å². The number of carbonyl (C=O) groups is 1. The van der Waals surface area contributed by atoms with Crippen molar-refractivity contribution >= 4 is 33.4 Å². The second kappa shape index (κ2) is 5.72. The molecule has 2 aromatic heterocycles. The minimum Gasteiger partial charge on any atom is -0.462 e. The molecule has 0 bridgehead atoms. The van der Waals surface area contributed by atoms with Crippen LogP contribution >= 0.6 is 0 Å². The number of hydrogen-bond donors (Lipinski definition) is 0. The van der Waals surface area contributed by atoms with Crippen LogP contribution in [0.15, 0.2) is 48.7 Å². The number of rotatable bonds is 2. The molecule has 4 aromatic rings. The Hall–Kier alpha value is -3.09. The van der Waals surface area contributed by atoms with Crippen LogP contribution in [0.1, 0.15) is 22.8 Å². The maximum Gasteiger partial charge on any atom is 0.417 e. The lowest BCUT2D eigenvalue weighted by atomic mass is 10.0. The number of fused-ring (bicyclic) bond motifs is 5. The summed E-state index contributed by atoms with van der Waals surface area (Å²) >= 11 is 0. The molecule has 0 spiro atoms. The van der Waals surface area contributed by atoms with Gasteiger partial charge in [-0.2, -0.15) is 13.2 Å². The lowest BCUT2D eigenvalue weighted by Crippen LogP contribution is -2.07. The monoisotopic (exact) mass is 358 g/mol. The molecule has 0 radical (unpaired) electrons. The second-order valence-corrected chi connectivity index (χ2v) is 5.81. The van der Waals surface area contributed by atoms with Crippen LogP contribution in [0.3, 0.4) is 0 Å². The molecule has 4 nitrogen and oxygen atoms in total. The zero-order valence-electron chi connectivity index (χ0n) is 13.7. The van der Waals surface area contributed by atoms with Gasteiger partial charge in [0.25, 0.3) is 0 Å². The largest absolute Gasteiger partial charge is 0.462 e. The van der Waals surface area contributed by atoms with Gasteiger partial charge in [-0.15, -0.1) is 0 Å². The molecule has 0 N–H and O–H groups in total. The van der Waals surface area contributed by atoms with E-state index in [-0.39, 0.29) is 6.61 Å². The first-order chi connectivity index (χ1) is 12.4. The molecule has 2 heterocycles. The smallest absolute Gasteiger partial charge is 0.417 e. The fourth-order valence-corrected chi connectivity index (χ4v) is 3.08. The highest BCUT2D eigenvalue weighted by molar-refractivity contribution is 6.14. The Labute approximate surface area is 145 Å². The average molecular weight is 358 g/mol. The third kappa shape index (κ3) is 2.47. The van der Waals surface area contributed by atoms with Crippen LogP contribution in [-0.4, -0.2) is 22.0 Å². The lowest BCUT2D eigenvalue weighted by molar-refractivity contribution is -0.137. The molecule has 0 saturated carbocycles. The molecule has 0 amide bonds. The number of halogens is 3. The minimum atomic E-state index is -4.47. The van der Waals surface area contributed by atoms with Gasteiger partial charge < -0.3 is 4.74 Å². The Bertz CT molecular complexity index is 1160. The Balaban J connectivity index is 2.11. The molecular weight excluding hydrogens is 345 g/mol. The summed E-state index contributed by atoms with van der Waals surface area (Å²) in [6.07, 6.45) is -3.47. The molecule has 0 aliphatic carbocycles. The standard InChI is InChI=1S/C19H13F3N2O2/c1-2-26-18(25)14-9-15-17(13-6-4-3-5-12(13)14)23-16-8-7-11(10-24(15)16)19(20,21)22/h3-10H,2H2,1H3. The zero-order valence-corrected chi connectivity index (χ0v) is 13.7. The van der Waals surface area contributed by atoms with Gasteiger partial charge in [-0.1, -0.05) is 24.3 Å². The fourth-order valence-electron chi connectivity index (χ4n) is 3.08. The molecule has 0 aliphatic heterocycles. The molecule has 0 fully saturated rings. The van der Waals surface area contributed by atoms with Crippen LogP contribution < -0.4 is 0 Å². The lowest BCUT2D eigenvalue weighted by Gasteiger charge is -2.09. The quantitative estimate of drug-likeness (QED) is 0.482. The van der Waals surface area contributed by atoms with E-state index in [2.05, 4.69) is 4.98 Å². The van der Waals surface area contributed by atoms with E-state index in [0.29, 0.717) is 33.0 Å². The van der Waals surface area contributed by atoms with Crippen molar-refractivity contribution < 1.29 is 22.7 Å². The predicted molar refractivity (Wildman–Crippen MR) is 91.2 cm³/mol. The molecule has 0 atom stereocenters. The summed E-state index contributed by atoms with van der Waals surface area (Å²) in [4.78, 5) is 16.8. The Kier molecular flexibility index (Phi) is 3.61. The summed E-state index contributed by atoms with van der Waals surface area (Å²) in [5, 5.41) is 1.34. The molecule has 0 saturated heterocycles. The summed E-state index contributed by atoms with van der Waals surface area (Å²) in [7, 11) is 0. The average Bonchev–Trinajstić information content (AvgIpc) is 2.98. The van der Waals surface area contributed by atoms with Gasteiger partial charge in [0.1, 0.15) is 5.65 Å². The summed E-state index contributed by atoms with van der Waals surface area (Å²) in [6, 6.07) is 11.0. The number of imidazole rings is 1. The summed E-state index contributed by atoms with van der Waals surface area (Å²) in [5.41, 5.74) is 0.851. The molecule has 2 aromatic carbocycles. The maximum absolute atomic E-state index is 13.1. The molecule has 0 aliphatic rings. The number of nitrogens with zero attached hydrogens (tertiary/aromatic N) is 2. The highest BCUT2D eigenvalue weighted by Crippen LogP contribution is 2.33. The molecular formula is C19H13F3N2O2. The zero-order chi connectivity index (χ0) is 18.5. The Morgan fingerprint density at radius 1 is 1.15 bits per heavy atom. The number of aromatic nitrogens is 2. The first kappa shape index (κ1) is 16.4. The molecule has 132 valence electrons. The van der Waals surface area contributed by atoms with Crippen LogP contribution in [0, 0.1) is 0 Å². The number of benzene rings is 2. The van der Waals surface area contributed by atoms with Gasteiger partial charge in [0, 0.05) is 11.6 Å². The van der Waals surface area contributed by atoms with Gasteiger partial charge in [-0.3, -0.25) is 4.40 Å². The van der Waals surface area contributed by atoms with Crippen LogP contribution in [0.2, 0.25) is 0 Å². The van der Waals surface area contributed by atoms with Gasteiger partial charge in [0.05, 0.1) is 28.8 Å². The third-order valence-electron chi connectivity index (χ3n) is 4.23. The Morgan fingerprint density at radius 2 is 1.88 bits per heavy atom. The van der Waals surface area contributed by atoms with Crippen LogP contribution in [0.4, 0.5) is 13.2 Å². The number of esters is 1. The number of ether oxygens (including phenoxy) is 1. The highest BCUT2D eigenvalue weighted by atomic mass is 19.4. The summed E-state index contributed by atoms with van der Waals surface area (Å²) in [6.45, 7) is 1.90. The van der Waals surface area contributed by atoms with Crippen LogP contribution in [0.25, 0.3) is 27.5 Å². The van der Waals surface area contributed by atoms with Crippen molar-refractivity contribution in [3.63, 3.8) is 0 Å². The van der Waals surface area contributed by atoms with Gasteiger partial charge in [-0.05, 0) is 30.5 Å². The number of alkyl halides is 3. The maximum atomic E-state index is 13.1. The van der Waals surface area contributed by atoms with Gasteiger partial charge in [0.15, 0.2) is 0 Å². The second-order valence-electron chi connectivity index (χ2n) is 5.81. The minimum absolute atomic E-state index is 0.205. The van der Waals surface area contributed by atoms with E-state index in [1.807, 2.05) is 0 Å². The van der Waals surface area contributed by atoms with Gasteiger partial charge in [0.2, 0.25) is 0 Å². The Morgan fingerprint density at radius 3 is 2.58 bits per heavy atom. The van der Waals surface area contributed by atoms with Crippen molar-refractivity contribution in [3.8, 4) is 0 Å². The number of pyridine rings is 1. The van der Waals surface area contributed by atoms with E-state index < -0.39 is 17.7 Å². The topological polar surface area (TPSA) is 43.6 Å². The third-order valence-corrected chi connectivity index (χ3v) is 4.23. The van der Waals surface area contributed by atoms with E-state index in [1.54, 1.807) is 31.2 Å². The first-order valence-corrected chi connectivity index (χ1v) is 7.98. The van der Waals surface area contributed by atoms with Crippen molar-refractivity contribution in [2.45, 2.75) is 13.1 Å². The summed E-state index contributed by atoms with van der Waals surface area (Å²) < 4.78 is 45.7. The fraction of sp³-hybridized carbons (Fsp3) is 0.158. The molecule has 26 heavy (non-hydrogen) atoms. The molecule has 0 unspecified atom stereocenters. The van der Waals surface area contributed by atoms with Crippen LogP contribution in [-0.2, 0) is 10.9 Å². The molecule has 4 rings (SSSR count). The van der Waals surface area contributed by atoms with Crippen molar-refractivity contribution in [3.05, 3.63) is 59.8 Å². The van der Waals surface area contributed by atoms with E-state index in [1.165, 1.54) is 16.5 Å². The predicted octanol–water partition coefficient (Wildman–Crippen LogP) is 4.84. The van der Waals surface area contributed by atoms with Gasteiger partial charge in [-0.25, -0.2) is 9.78 Å². The highest BCUT2D eigenvalue weighted by Gasteiger charge is 2.31. The van der Waals surface area contributed by atoms with E-state index >= 15 is 0 Å². The summed E-state index contributed by atoms with van der Waals surface area (Å²) in [5.74, 6) is -0.521. The van der Waals surface area contributed by atoms with Gasteiger partial charge >= 0.3 is 12.1 Å². The van der Waals surface area contributed by atoms with E-state index in [4.69, 9.17) is 4.74 Å². The SMILES string of the molecule is CCOC(=O)c1cc2c(nc3ccc(C(F)(F)F)cn32)c2ccccc12. The molecule has 7 heteroatoms. The van der Waals surface area contributed by atoms with Crippen molar-refractivity contribution in [2.75, 3.05) is 6.61 Å². The number of carbonyl (C=O) groups excluding carboxylic acids is 1. The van der Waals surface area contributed by atoms with Crippen molar-refractivity contribution in [1.82, 2.24) is 9.38 Å². The van der Waals surface area contributed by atoms with E-state index in [9.17, 15) is 18.0 Å². The first-order valence-electron chi connectivity index (χ1n) is 7.98. The van der Waals surface area contributed by atoms with Crippen molar-refractivity contribution in [2.24, 2.45) is 0 Å². The van der Waals surface area contributed by atoms with Crippen molar-refractivity contribution in [1.29, 1.82) is 0 Å². The van der Waals surface area contributed by atoms with E-state index in [0.717, 1.165) is 12.3 Å².